The molecule has 2 heterocycles. The summed E-state index contributed by atoms with van der Waals surface area (Å²) >= 11 is 4.07. The summed E-state index contributed by atoms with van der Waals surface area (Å²) in [4.78, 5) is 8.51. The number of thioether (sulfide) groups is 2. The predicted molar refractivity (Wildman–Crippen MR) is 67.4 cm³/mol. The lowest BCUT2D eigenvalue weighted by molar-refractivity contribution is 0.574. The van der Waals surface area contributed by atoms with Crippen molar-refractivity contribution in [1.82, 2.24) is 15.3 Å². The highest BCUT2D eigenvalue weighted by Gasteiger charge is 2.25. The molecule has 3 nitrogen and oxygen atoms in total. The van der Waals surface area contributed by atoms with Gasteiger partial charge >= 0.3 is 0 Å². The molecule has 2 unspecified atom stereocenters. The van der Waals surface area contributed by atoms with Crippen molar-refractivity contribution in [1.29, 1.82) is 0 Å². The Morgan fingerprint density at radius 3 is 3.00 bits per heavy atom. The molecule has 1 aliphatic heterocycles. The Morgan fingerprint density at radius 1 is 1.47 bits per heavy atom. The first kappa shape index (κ1) is 11.2. The average Bonchev–Trinajstić information content (AvgIpc) is 2.33. The minimum atomic E-state index is 0.330. The molecule has 0 radical (unpaired) electrons. The van der Waals surface area contributed by atoms with E-state index in [0.717, 1.165) is 5.69 Å². The lowest BCUT2D eigenvalue weighted by Gasteiger charge is -2.28. The van der Waals surface area contributed by atoms with Gasteiger partial charge in [0.05, 0.1) is 17.9 Å². The molecular weight excluding hydrogens is 226 g/mol. The van der Waals surface area contributed by atoms with Crippen LogP contribution in [-0.2, 0) is 0 Å². The van der Waals surface area contributed by atoms with E-state index in [1.807, 2.05) is 36.8 Å². The van der Waals surface area contributed by atoms with Crippen LogP contribution < -0.4 is 5.32 Å². The Hall–Kier alpha value is -0.260. The minimum Gasteiger partial charge on any atom is -0.311 e. The average molecular weight is 241 g/mol. The van der Waals surface area contributed by atoms with Crippen molar-refractivity contribution >= 4 is 23.5 Å². The first-order valence-electron chi connectivity index (χ1n) is 5.04. The van der Waals surface area contributed by atoms with Gasteiger partial charge in [0, 0.05) is 34.9 Å². The van der Waals surface area contributed by atoms with Crippen LogP contribution in [0.5, 0.6) is 0 Å². The van der Waals surface area contributed by atoms with E-state index < -0.39 is 0 Å². The lowest BCUT2D eigenvalue weighted by Crippen LogP contribution is -2.32. The zero-order valence-electron chi connectivity index (χ0n) is 8.72. The molecule has 0 aromatic carbocycles. The zero-order chi connectivity index (χ0) is 10.5. The van der Waals surface area contributed by atoms with Crippen LogP contribution in [-0.4, -0.2) is 39.5 Å². The minimum absolute atomic E-state index is 0.330. The number of hydrogen-bond acceptors (Lipinski definition) is 5. The van der Waals surface area contributed by atoms with Crippen molar-refractivity contribution in [3.05, 3.63) is 24.3 Å². The van der Waals surface area contributed by atoms with Crippen LogP contribution in [0.25, 0.3) is 0 Å². The van der Waals surface area contributed by atoms with Crippen molar-refractivity contribution in [2.24, 2.45) is 0 Å². The van der Waals surface area contributed by atoms with Gasteiger partial charge in [0.25, 0.3) is 0 Å². The van der Waals surface area contributed by atoms with Gasteiger partial charge in [-0.3, -0.25) is 9.97 Å². The van der Waals surface area contributed by atoms with E-state index in [9.17, 15) is 0 Å². The summed E-state index contributed by atoms with van der Waals surface area (Å²) in [6.45, 7) is 0. The molecule has 0 spiro atoms. The van der Waals surface area contributed by atoms with E-state index in [4.69, 9.17) is 0 Å². The van der Waals surface area contributed by atoms with E-state index in [1.54, 1.807) is 12.4 Å². The molecule has 0 aliphatic carbocycles. The van der Waals surface area contributed by atoms with E-state index >= 15 is 0 Å². The number of aromatic nitrogens is 2. The van der Waals surface area contributed by atoms with Crippen LogP contribution in [0.2, 0.25) is 0 Å². The van der Waals surface area contributed by atoms with Gasteiger partial charge in [-0.2, -0.15) is 23.5 Å². The maximum Gasteiger partial charge on any atom is 0.0767 e. The fraction of sp³-hybridized carbons (Fsp3) is 0.600. The summed E-state index contributed by atoms with van der Waals surface area (Å²) in [5, 5.41) is 3.97. The standard InChI is InChI=1S/C10H15N3S2/c1-11-10(8-6-12-2-3-13-8)9-7-14-4-5-15-9/h2-3,6,9-11H,4-5,7H2,1H3. The van der Waals surface area contributed by atoms with Crippen LogP contribution in [0.15, 0.2) is 18.6 Å². The van der Waals surface area contributed by atoms with Gasteiger partial charge in [-0.1, -0.05) is 0 Å². The van der Waals surface area contributed by atoms with Gasteiger partial charge in [0.1, 0.15) is 0 Å². The molecule has 5 heteroatoms. The molecule has 0 saturated carbocycles. The van der Waals surface area contributed by atoms with E-state index in [-0.39, 0.29) is 0 Å². The molecule has 1 aromatic heterocycles. The highest BCUT2D eigenvalue weighted by molar-refractivity contribution is 8.06. The number of hydrogen-bond donors (Lipinski definition) is 1. The predicted octanol–water partition coefficient (Wildman–Crippen LogP) is 1.59. The third-order valence-electron chi connectivity index (χ3n) is 2.43. The summed E-state index contributed by atoms with van der Waals surface area (Å²) < 4.78 is 0. The normalized spacial score (nSPS) is 23.7. The second-order valence-electron chi connectivity index (χ2n) is 3.38. The molecule has 1 aromatic rings. The molecule has 0 bridgehead atoms. The molecule has 2 atom stereocenters. The first-order chi connectivity index (χ1) is 7.42. The summed E-state index contributed by atoms with van der Waals surface area (Å²) in [5.41, 5.74) is 1.06. The third-order valence-corrected chi connectivity index (χ3v) is 5.29. The maximum absolute atomic E-state index is 4.38. The number of rotatable bonds is 3. The highest BCUT2D eigenvalue weighted by Crippen LogP contribution is 2.32. The smallest absolute Gasteiger partial charge is 0.0767 e. The highest BCUT2D eigenvalue weighted by atomic mass is 32.2. The van der Waals surface area contributed by atoms with Crippen molar-refractivity contribution in [3.63, 3.8) is 0 Å². The van der Waals surface area contributed by atoms with E-state index in [2.05, 4.69) is 15.3 Å². The molecule has 0 amide bonds. The fourth-order valence-corrected chi connectivity index (χ4v) is 4.59. The Morgan fingerprint density at radius 2 is 2.40 bits per heavy atom. The van der Waals surface area contributed by atoms with Crippen molar-refractivity contribution in [3.8, 4) is 0 Å². The molecule has 82 valence electrons. The SMILES string of the molecule is CNC(c1cnccn1)C1CSCCS1. The quantitative estimate of drug-likeness (QED) is 0.870. The molecule has 1 saturated heterocycles. The monoisotopic (exact) mass is 241 g/mol. The van der Waals surface area contributed by atoms with Crippen LogP contribution >= 0.6 is 23.5 Å². The molecule has 1 aliphatic rings. The van der Waals surface area contributed by atoms with Crippen LogP contribution in [0.3, 0.4) is 0 Å². The second kappa shape index (κ2) is 5.72. The molecule has 1 fully saturated rings. The van der Waals surface area contributed by atoms with E-state index in [1.165, 1.54) is 17.3 Å². The van der Waals surface area contributed by atoms with Gasteiger partial charge in [0.15, 0.2) is 0 Å². The van der Waals surface area contributed by atoms with Crippen molar-refractivity contribution < 1.29 is 0 Å². The largest absolute Gasteiger partial charge is 0.311 e. The number of nitrogens with zero attached hydrogens (tertiary/aromatic N) is 2. The second-order valence-corrected chi connectivity index (χ2v) is 5.88. The summed E-state index contributed by atoms with van der Waals surface area (Å²) in [6, 6.07) is 0.330. The van der Waals surface area contributed by atoms with Crippen molar-refractivity contribution in [2.45, 2.75) is 11.3 Å². The van der Waals surface area contributed by atoms with Crippen LogP contribution in [0.4, 0.5) is 0 Å². The Kier molecular flexibility index (Phi) is 4.29. The summed E-state index contributed by atoms with van der Waals surface area (Å²) in [5.74, 6) is 3.72. The molecular formula is C10H15N3S2. The Bertz CT molecular complexity index is 288. The third kappa shape index (κ3) is 2.86. The Labute approximate surface area is 98.9 Å². The van der Waals surface area contributed by atoms with Crippen molar-refractivity contribution in [2.75, 3.05) is 24.3 Å². The van der Waals surface area contributed by atoms with Crippen LogP contribution in [0, 0.1) is 0 Å². The first-order valence-corrected chi connectivity index (χ1v) is 7.24. The van der Waals surface area contributed by atoms with Gasteiger partial charge in [-0.05, 0) is 7.05 Å². The summed E-state index contributed by atoms with van der Waals surface area (Å²) in [7, 11) is 2.00. The topological polar surface area (TPSA) is 37.8 Å². The van der Waals surface area contributed by atoms with Gasteiger partial charge in [-0.25, -0.2) is 0 Å². The Balaban J connectivity index is 2.09. The van der Waals surface area contributed by atoms with Crippen LogP contribution in [0.1, 0.15) is 11.7 Å². The maximum atomic E-state index is 4.38. The van der Waals surface area contributed by atoms with Gasteiger partial charge < -0.3 is 5.32 Å². The lowest BCUT2D eigenvalue weighted by atomic mass is 10.1. The number of nitrogens with one attached hydrogen (secondary N) is 1. The zero-order valence-corrected chi connectivity index (χ0v) is 10.4. The van der Waals surface area contributed by atoms with Gasteiger partial charge in [-0.15, -0.1) is 0 Å². The van der Waals surface area contributed by atoms with Gasteiger partial charge in [0.2, 0.25) is 0 Å². The summed E-state index contributed by atoms with van der Waals surface area (Å²) in [6.07, 6.45) is 5.35. The molecule has 2 rings (SSSR count). The van der Waals surface area contributed by atoms with E-state index in [0.29, 0.717) is 11.3 Å². The molecule has 1 N–H and O–H groups in total. The molecule has 15 heavy (non-hydrogen) atoms. The fourth-order valence-electron chi connectivity index (χ4n) is 1.69.